The van der Waals surface area contributed by atoms with E-state index in [0.717, 1.165) is 11.3 Å². The zero-order valence-corrected chi connectivity index (χ0v) is 21.9. The summed E-state index contributed by atoms with van der Waals surface area (Å²) in [6.07, 6.45) is -1.67. The Hall–Kier alpha value is -3.00. The first-order valence-corrected chi connectivity index (χ1v) is 14.0. The van der Waals surface area contributed by atoms with E-state index in [4.69, 9.17) is 34.3 Å². The van der Waals surface area contributed by atoms with Crippen molar-refractivity contribution < 1.29 is 65.6 Å². The van der Waals surface area contributed by atoms with Crippen LogP contribution in [0.4, 0.5) is 19.5 Å². The van der Waals surface area contributed by atoms with E-state index >= 15 is 0 Å². The largest absolute Gasteiger partial charge is 0.510 e. The SMILES string of the molecule is CCCCCC(=O)N(COC(=O)OC(COP(=O)(O)O)COP(=O)(O)O)c1nc2c(F)cc(C#N)c(F)c2[nH]1. The van der Waals surface area contributed by atoms with Gasteiger partial charge in [-0.15, -0.1) is 0 Å². The summed E-state index contributed by atoms with van der Waals surface area (Å²) < 4.78 is 68.6. The molecule has 39 heavy (non-hydrogen) atoms. The van der Waals surface area contributed by atoms with E-state index < -0.39 is 87.9 Å². The molecular formula is C19H24F2N4O12P2. The van der Waals surface area contributed by atoms with E-state index in [9.17, 15) is 27.5 Å². The van der Waals surface area contributed by atoms with Gasteiger partial charge >= 0.3 is 21.8 Å². The predicted octanol–water partition coefficient (Wildman–Crippen LogP) is 2.32. The molecule has 0 unspecified atom stereocenters. The molecule has 0 bridgehead atoms. The summed E-state index contributed by atoms with van der Waals surface area (Å²) in [4.78, 5) is 67.2. The number of benzene rings is 1. The summed E-state index contributed by atoms with van der Waals surface area (Å²) in [5.74, 6) is -3.34. The van der Waals surface area contributed by atoms with E-state index in [-0.39, 0.29) is 6.42 Å². The van der Waals surface area contributed by atoms with Crippen LogP contribution in [0, 0.1) is 23.0 Å². The minimum Gasteiger partial charge on any atom is -0.426 e. The summed E-state index contributed by atoms with van der Waals surface area (Å²) in [7, 11) is -10.2. The number of ether oxygens (including phenoxy) is 2. The molecule has 0 spiro atoms. The zero-order chi connectivity index (χ0) is 29.4. The van der Waals surface area contributed by atoms with Crippen LogP contribution in [0.3, 0.4) is 0 Å². The molecule has 0 aliphatic carbocycles. The lowest BCUT2D eigenvalue weighted by molar-refractivity contribution is -0.119. The molecule has 2 rings (SSSR count). The molecule has 1 heterocycles. The van der Waals surface area contributed by atoms with E-state index in [0.29, 0.717) is 18.9 Å². The van der Waals surface area contributed by atoms with E-state index in [1.165, 1.54) is 6.07 Å². The number of nitriles is 1. The fourth-order valence-corrected chi connectivity index (χ4v) is 3.69. The molecule has 0 atom stereocenters. The number of anilines is 1. The third kappa shape index (κ3) is 10.2. The Kier molecular flexibility index (Phi) is 11.5. The number of phosphoric acid groups is 2. The van der Waals surface area contributed by atoms with Gasteiger partial charge < -0.3 is 34.0 Å². The number of aromatic amines is 1. The van der Waals surface area contributed by atoms with Crippen molar-refractivity contribution in [3.05, 3.63) is 23.3 Å². The number of nitrogens with zero attached hydrogens (tertiary/aromatic N) is 3. The highest BCUT2D eigenvalue weighted by atomic mass is 31.2. The van der Waals surface area contributed by atoms with Crippen molar-refractivity contribution in [3.8, 4) is 6.07 Å². The van der Waals surface area contributed by atoms with Gasteiger partial charge in [-0.05, 0) is 12.5 Å². The van der Waals surface area contributed by atoms with Gasteiger partial charge in [0.15, 0.2) is 24.5 Å². The molecule has 0 saturated heterocycles. The lowest BCUT2D eigenvalue weighted by atomic mass is 10.2. The Morgan fingerprint density at radius 3 is 2.31 bits per heavy atom. The fourth-order valence-electron chi connectivity index (χ4n) is 2.97. The van der Waals surface area contributed by atoms with Crippen molar-refractivity contribution in [3.63, 3.8) is 0 Å². The maximum absolute atomic E-state index is 14.5. The first kappa shape index (κ1) is 32.2. The maximum Gasteiger partial charge on any atom is 0.510 e. The van der Waals surface area contributed by atoms with Crippen molar-refractivity contribution in [2.75, 3.05) is 24.8 Å². The average Bonchev–Trinajstić information content (AvgIpc) is 3.28. The van der Waals surface area contributed by atoms with Crippen LogP contribution in [0.15, 0.2) is 6.07 Å². The second kappa shape index (κ2) is 13.9. The number of carbonyl (C=O) groups is 2. The molecule has 0 fully saturated rings. The van der Waals surface area contributed by atoms with Crippen LogP contribution in [0.25, 0.3) is 11.0 Å². The molecule has 1 amide bonds. The Labute approximate surface area is 218 Å². The van der Waals surface area contributed by atoms with Crippen LogP contribution >= 0.6 is 15.6 Å². The quantitative estimate of drug-likeness (QED) is 0.0905. The number of hydrogen-bond donors (Lipinski definition) is 5. The molecule has 216 valence electrons. The van der Waals surface area contributed by atoms with E-state index in [1.54, 1.807) is 0 Å². The predicted molar refractivity (Wildman–Crippen MR) is 125 cm³/mol. The second-order valence-corrected chi connectivity index (χ2v) is 10.2. The molecule has 1 aromatic heterocycles. The first-order chi connectivity index (χ1) is 18.1. The number of H-pyrrole nitrogens is 1. The van der Waals surface area contributed by atoms with Crippen LogP contribution in [0.1, 0.15) is 38.2 Å². The normalized spacial score (nSPS) is 12.0. The average molecular weight is 600 g/mol. The third-order valence-corrected chi connectivity index (χ3v) is 5.72. The summed E-state index contributed by atoms with van der Waals surface area (Å²) in [5.41, 5.74) is -1.70. The molecule has 0 aliphatic heterocycles. The fraction of sp³-hybridized carbons (Fsp3) is 0.474. The third-order valence-electron chi connectivity index (χ3n) is 4.75. The highest BCUT2D eigenvalue weighted by molar-refractivity contribution is 7.46. The zero-order valence-electron chi connectivity index (χ0n) is 20.2. The summed E-state index contributed by atoms with van der Waals surface area (Å²) in [6.45, 7) is -1.20. The maximum atomic E-state index is 14.5. The van der Waals surface area contributed by atoms with Gasteiger partial charge in [-0.25, -0.2) is 32.6 Å². The minimum atomic E-state index is -5.08. The number of unbranched alkanes of at least 4 members (excludes halogenated alkanes) is 2. The Morgan fingerprint density at radius 1 is 1.15 bits per heavy atom. The van der Waals surface area contributed by atoms with Gasteiger partial charge in [-0.3, -0.25) is 13.8 Å². The number of nitrogens with one attached hydrogen (secondary N) is 1. The van der Waals surface area contributed by atoms with Gasteiger partial charge in [0.25, 0.3) is 0 Å². The van der Waals surface area contributed by atoms with Gasteiger partial charge in [-0.2, -0.15) is 5.26 Å². The van der Waals surface area contributed by atoms with Crippen LogP contribution in [0.5, 0.6) is 0 Å². The van der Waals surface area contributed by atoms with Crippen molar-refractivity contribution >= 4 is 44.7 Å². The van der Waals surface area contributed by atoms with Gasteiger partial charge in [0, 0.05) is 6.42 Å². The molecule has 0 saturated carbocycles. The van der Waals surface area contributed by atoms with Crippen LogP contribution in [-0.2, 0) is 32.4 Å². The summed E-state index contributed by atoms with van der Waals surface area (Å²) in [6, 6.07) is 2.09. The van der Waals surface area contributed by atoms with E-state index in [2.05, 4.69) is 19.0 Å². The van der Waals surface area contributed by atoms with Crippen molar-refractivity contribution in [1.82, 2.24) is 9.97 Å². The molecule has 5 N–H and O–H groups in total. The lowest BCUT2D eigenvalue weighted by Crippen LogP contribution is -2.36. The van der Waals surface area contributed by atoms with E-state index in [1.807, 2.05) is 6.92 Å². The summed E-state index contributed by atoms with van der Waals surface area (Å²) in [5, 5.41) is 8.98. The summed E-state index contributed by atoms with van der Waals surface area (Å²) >= 11 is 0. The van der Waals surface area contributed by atoms with Gasteiger partial charge in [0.05, 0.1) is 18.8 Å². The van der Waals surface area contributed by atoms with Crippen LogP contribution in [0.2, 0.25) is 0 Å². The second-order valence-electron chi connectivity index (χ2n) is 7.73. The topological polar surface area (TPSA) is 242 Å². The van der Waals surface area contributed by atoms with Crippen molar-refractivity contribution in [2.24, 2.45) is 0 Å². The Morgan fingerprint density at radius 2 is 1.77 bits per heavy atom. The minimum absolute atomic E-state index is 0.0907. The molecule has 0 radical (unpaired) electrons. The number of halogens is 2. The first-order valence-electron chi connectivity index (χ1n) is 11.0. The lowest BCUT2D eigenvalue weighted by Gasteiger charge is -2.21. The van der Waals surface area contributed by atoms with Gasteiger partial charge in [-0.1, -0.05) is 19.8 Å². The Bertz CT molecular complexity index is 1300. The number of fused-ring (bicyclic) bond motifs is 1. The Balaban J connectivity index is 2.25. The van der Waals surface area contributed by atoms with Gasteiger partial charge in [0.2, 0.25) is 11.9 Å². The number of carbonyl (C=O) groups excluding carboxylic acids is 2. The smallest absolute Gasteiger partial charge is 0.426 e. The highest BCUT2D eigenvalue weighted by Crippen LogP contribution is 2.38. The number of rotatable bonds is 14. The molecule has 0 aliphatic rings. The van der Waals surface area contributed by atoms with Crippen molar-refractivity contribution in [2.45, 2.75) is 38.7 Å². The van der Waals surface area contributed by atoms with Crippen LogP contribution < -0.4 is 4.90 Å². The molecule has 20 heteroatoms. The van der Waals surface area contributed by atoms with Crippen LogP contribution in [-0.4, -0.2) is 67.7 Å². The monoisotopic (exact) mass is 600 g/mol. The molecule has 1 aromatic carbocycles. The standard InChI is InChI=1S/C19H24F2N4O12P2/c1-2-3-4-5-14(26)25(18-23-16-13(20)6-11(7-22)15(21)17(16)24-18)10-34-19(27)37-12(8-35-38(28,29)30)9-36-39(31,32)33/h6,12H,2-5,8-10H2,1H3,(H,23,24)(H2,28,29,30)(H2,31,32,33). The number of amides is 1. The molecule has 16 nitrogen and oxygen atoms in total. The van der Waals surface area contributed by atoms with Crippen molar-refractivity contribution in [1.29, 1.82) is 5.26 Å². The number of hydrogen-bond acceptors (Lipinski definition) is 10. The molecule has 2 aromatic rings. The number of aromatic nitrogens is 2. The molecular weight excluding hydrogens is 576 g/mol. The number of imidazole rings is 1. The van der Waals surface area contributed by atoms with Gasteiger partial charge in [0.1, 0.15) is 17.1 Å². The highest BCUT2D eigenvalue weighted by Gasteiger charge is 2.28. The number of phosphoric ester groups is 2.